The van der Waals surface area contributed by atoms with Crippen molar-refractivity contribution in [3.63, 3.8) is 0 Å². The highest BCUT2D eigenvalue weighted by molar-refractivity contribution is 7.92. The largest absolute Gasteiger partial charge is 0.380 e. The van der Waals surface area contributed by atoms with Gasteiger partial charge in [0.25, 0.3) is 0 Å². The molecule has 0 aliphatic heterocycles. The molecule has 0 spiro atoms. The number of methoxy groups -OCH3 is 1. The van der Waals surface area contributed by atoms with Gasteiger partial charge in [-0.15, -0.1) is 0 Å². The summed E-state index contributed by atoms with van der Waals surface area (Å²) >= 11 is 18.1. The standard InChI is InChI=1S/C19H21Cl3N2O4S/c1-28-12-13-5-3-6-14(9-13)23-19(25)7-4-8-24(29(2,26)27)18-11-16(21)15(20)10-17(18)22/h3,5-6,9-11H,4,7-8,12H2,1-2H3,(H,23,25). The van der Waals surface area contributed by atoms with Gasteiger partial charge in [0, 0.05) is 25.8 Å². The van der Waals surface area contributed by atoms with Crippen LogP contribution < -0.4 is 9.62 Å². The first-order chi connectivity index (χ1) is 13.6. The minimum absolute atomic E-state index is 0.0631. The van der Waals surface area contributed by atoms with Crippen molar-refractivity contribution in [3.8, 4) is 0 Å². The second-order valence-corrected chi connectivity index (χ2v) is 9.47. The Morgan fingerprint density at radius 3 is 2.45 bits per heavy atom. The van der Waals surface area contributed by atoms with Crippen molar-refractivity contribution in [1.82, 2.24) is 0 Å². The average Bonchev–Trinajstić information content (AvgIpc) is 2.62. The molecule has 0 radical (unpaired) electrons. The summed E-state index contributed by atoms with van der Waals surface area (Å²) in [5.41, 5.74) is 1.80. The lowest BCUT2D eigenvalue weighted by Crippen LogP contribution is -2.31. The van der Waals surface area contributed by atoms with Crippen molar-refractivity contribution in [3.05, 3.63) is 57.0 Å². The molecule has 2 aromatic rings. The number of carbonyl (C=O) groups is 1. The summed E-state index contributed by atoms with van der Waals surface area (Å²) in [6, 6.07) is 10.1. The second-order valence-electron chi connectivity index (χ2n) is 6.34. The lowest BCUT2D eigenvalue weighted by Gasteiger charge is -2.24. The maximum absolute atomic E-state index is 12.2. The maximum Gasteiger partial charge on any atom is 0.232 e. The Hall–Kier alpha value is -1.51. The van der Waals surface area contributed by atoms with E-state index in [-0.39, 0.29) is 46.0 Å². The Morgan fingerprint density at radius 2 is 1.79 bits per heavy atom. The minimum atomic E-state index is -3.64. The molecule has 0 heterocycles. The highest BCUT2D eigenvalue weighted by Crippen LogP contribution is 2.35. The van der Waals surface area contributed by atoms with Crippen molar-refractivity contribution in [2.75, 3.05) is 29.5 Å². The molecule has 0 fully saturated rings. The molecular weight excluding hydrogens is 459 g/mol. The molecule has 0 aromatic heterocycles. The molecule has 0 unspecified atom stereocenters. The Labute approximate surface area is 185 Å². The first kappa shape index (κ1) is 23.8. The molecule has 2 aromatic carbocycles. The molecule has 10 heteroatoms. The van der Waals surface area contributed by atoms with Gasteiger partial charge in [-0.05, 0) is 36.2 Å². The summed E-state index contributed by atoms with van der Waals surface area (Å²) in [6.45, 7) is 0.505. The number of hydrogen-bond donors (Lipinski definition) is 1. The fraction of sp³-hybridized carbons (Fsp3) is 0.316. The third-order valence-corrected chi connectivity index (χ3v) is 6.15. The van der Waals surface area contributed by atoms with E-state index in [1.807, 2.05) is 18.2 Å². The summed E-state index contributed by atoms with van der Waals surface area (Å²) in [6.07, 6.45) is 1.47. The van der Waals surface area contributed by atoms with Crippen LogP contribution in [0.3, 0.4) is 0 Å². The second kappa shape index (κ2) is 10.5. The fourth-order valence-electron chi connectivity index (χ4n) is 2.68. The number of carbonyl (C=O) groups excluding carboxylic acids is 1. The minimum Gasteiger partial charge on any atom is -0.380 e. The Bertz CT molecular complexity index is 983. The van der Waals surface area contributed by atoms with Gasteiger partial charge in [-0.3, -0.25) is 9.10 Å². The van der Waals surface area contributed by atoms with Crippen LogP contribution in [0.15, 0.2) is 36.4 Å². The Balaban J connectivity index is 2.03. The van der Waals surface area contributed by atoms with Crippen molar-refractivity contribution < 1.29 is 17.9 Å². The lowest BCUT2D eigenvalue weighted by atomic mass is 10.2. The third kappa shape index (κ3) is 7.04. The molecule has 0 aliphatic rings. The summed E-state index contributed by atoms with van der Waals surface area (Å²) in [5.74, 6) is -0.228. The molecule has 1 N–H and O–H groups in total. The van der Waals surface area contributed by atoms with Crippen molar-refractivity contribution in [2.45, 2.75) is 19.4 Å². The van der Waals surface area contributed by atoms with Crippen molar-refractivity contribution in [1.29, 1.82) is 0 Å². The molecule has 2 rings (SSSR count). The van der Waals surface area contributed by atoms with E-state index in [1.54, 1.807) is 13.2 Å². The summed E-state index contributed by atoms with van der Waals surface area (Å²) in [5, 5.41) is 3.36. The fourth-order valence-corrected chi connectivity index (χ4v) is 4.34. The van der Waals surface area contributed by atoms with E-state index < -0.39 is 10.0 Å². The van der Waals surface area contributed by atoms with E-state index in [1.165, 1.54) is 12.1 Å². The zero-order valence-electron chi connectivity index (χ0n) is 15.9. The summed E-state index contributed by atoms with van der Waals surface area (Å²) in [7, 11) is -2.04. The van der Waals surface area contributed by atoms with Crippen LogP contribution in [0.1, 0.15) is 18.4 Å². The van der Waals surface area contributed by atoms with Gasteiger partial charge in [-0.1, -0.05) is 46.9 Å². The van der Waals surface area contributed by atoms with Crippen LogP contribution in [0.25, 0.3) is 0 Å². The van der Waals surface area contributed by atoms with Crippen LogP contribution in [0.2, 0.25) is 15.1 Å². The average molecular weight is 480 g/mol. The molecule has 0 saturated carbocycles. The third-order valence-electron chi connectivity index (χ3n) is 3.95. The number of nitrogens with zero attached hydrogens (tertiary/aromatic N) is 1. The molecule has 6 nitrogen and oxygen atoms in total. The molecule has 1 amide bonds. The van der Waals surface area contributed by atoms with Crippen molar-refractivity contribution >= 4 is 62.1 Å². The number of anilines is 2. The van der Waals surface area contributed by atoms with Crippen molar-refractivity contribution in [2.24, 2.45) is 0 Å². The normalized spacial score (nSPS) is 11.3. The number of ether oxygens (including phenoxy) is 1. The van der Waals surface area contributed by atoms with E-state index in [0.717, 1.165) is 16.1 Å². The quantitative estimate of drug-likeness (QED) is 0.515. The van der Waals surface area contributed by atoms with Crippen LogP contribution in [0.5, 0.6) is 0 Å². The maximum atomic E-state index is 12.2. The zero-order valence-corrected chi connectivity index (χ0v) is 19.0. The number of rotatable bonds is 9. The number of amides is 1. The molecule has 0 atom stereocenters. The SMILES string of the molecule is COCc1cccc(NC(=O)CCCN(c2cc(Cl)c(Cl)cc2Cl)S(C)(=O)=O)c1. The van der Waals surface area contributed by atoms with E-state index in [4.69, 9.17) is 39.5 Å². The molecule has 158 valence electrons. The Kier molecular flexibility index (Phi) is 8.60. The molecule has 0 bridgehead atoms. The number of hydrogen-bond acceptors (Lipinski definition) is 4. The van der Waals surface area contributed by atoms with E-state index in [9.17, 15) is 13.2 Å². The zero-order chi connectivity index (χ0) is 21.6. The van der Waals surface area contributed by atoms with Gasteiger partial charge in [0.15, 0.2) is 0 Å². The molecule has 0 aliphatic carbocycles. The van der Waals surface area contributed by atoms with Crippen LogP contribution >= 0.6 is 34.8 Å². The van der Waals surface area contributed by atoms with E-state index in [2.05, 4.69) is 5.32 Å². The number of benzene rings is 2. The van der Waals surface area contributed by atoms with Gasteiger partial charge in [0.1, 0.15) is 0 Å². The van der Waals surface area contributed by atoms with Gasteiger partial charge >= 0.3 is 0 Å². The van der Waals surface area contributed by atoms with Gasteiger partial charge in [0.2, 0.25) is 15.9 Å². The summed E-state index contributed by atoms with van der Waals surface area (Å²) in [4.78, 5) is 12.2. The van der Waals surface area contributed by atoms with Gasteiger partial charge < -0.3 is 10.1 Å². The Morgan fingerprint density at radius 1 is 1.10 bits per heavy atom. The van der Waals surface area contributed by atoms with Crippen LogP contribution in [0.4, 0.5) is 11.4 Å². The predicted octanol–water partition coefficient (Wildman–Crippen LogP) is 4.98. The highest BCUT2D eigenvalue weighted by atomic mass is 35.5. The van der Waals surface area contributed by atoms with Crippen LogP contribution in [-0.4, -0.2) is 34.2 Å². The van der Waals surface area contributed by atoms with Crippen LogP contribution in [0, 0.1) is 0 Å². The van der Waals surface area contributed by atoms with Gasteiger partial charge in [-0.2, -0.15) is 0 Å². The smallest absolute Gasteiger partial charge is 0.232 e. The first-order valence-corrected chi connectivity index (χ1v) is 11.6. The first-order valence-electron chi connectivity index (χ1n) is 8.62. The predicted molar refractivity (Wildman–Crippen MR) is 119 cm³/mol. The number of sulfonamides is 1. The van der Waals surface area contributed by atoms with Crippen LogP contribution in [-0.2, 0) is 26.2 Å². The topological polar surface area (TPSA) is 75.7 Å². The number of halogens is 3. The molecule has 0 saturated heterocycles. The van der Waals surface area contributed by atoms with Gasteiger partial charge in [0.05, 0.1) is 33.6 Å². The lowest BCUT2D eigenvalue weighted by molar-refractivity contribution is -0.116. The summed E-state index contributed by atoms with van der Waals surface area (Å²) < 4.78 is 30.6. The molecule has 29 heavy (non-hydrogen) atoms. The highest BCUT2D eigenvalue weighted by Gasteiger charge is 2.21. The number of nitrogens with one attached hydrogen (secondary N) is 1. The van der Waals surface area contributed by atoms with E-state index in [0.29, 0.717) is 12.3 Å². The molecular formula is C19H21Cl3N2O4S. The van der Waals surface area contributed by atoms with Gasteiger partial charge in [-0.25, -0.2) is 8.42 Å². The monoisotopic (exact) mass is 478 g/mol. The van der Waals surface area contributed by atoms with E-state index >= 15 is 0 Å².